The molecular formula is C11H13ClF3N3. The van der Waals surface area contributed by atoms with Crippen LogP contribution in [0.1, 0.15) is 12.8 Å². The van der Waals surface area contributed by atoms with Crippen LogP contribution in [0.5, 0.6) is 0 Å². The Morgan fingerprint density at radius 1 is 1.39 bits per heavy atom. The first kappa shape index (κ1) is 13.3. The summed E-state index contributed by atoms with van der Waals surface area (Å²) in [7, 11) is 0. The van der Waals surface area contributed by atoms with E-state index >= 15 is 0 Å². The van der Waals surface area contributed by atoms with Crippen LogP contribution in [0.3, 0.4) is 0 Å². The van der Waals surface area contributed by atoms with Crippen molar-refractivity contribution in [1.82, 2.24) is 4.98 Å². The molecule has 0 radical (unpaired) electrons. The quantitative estimate of drug-likeness (QED) is 0.803. The fourth-order valence-electron chi connectivity index (χ4n) is 2.12. The Bertz CT molecular complexity index is 416. The topological polar surface area (TPSA) is 42.1 Å². The second kappa shape index (κ2) is 4.84. The monoisotopic (exact) mass is 279 g/mol. The van der Waals surface area contributed by atoms with Crippen LogP contribution in [0, 0.1) is 5.92 Å². The summed E-state index contributed by atoms with van der Waals surface area (Å²) in [5.41, 5.74) is 6.02. The van der Waals surface area contributed by atoms with Crippen LogP contribution in [0.15, 0.2) is 12.1 Å². The summed E-state index contributed by atoms with van der Waals surface area (Å²) in [5, 5.41) is 0.194. The molecule has 0 bridgehead atoms. The first-order chi connectivity index (χ1) is 8.36. The zero-order chi connectivity index (χ0) is 13.3. The van der Waals surface area contributed by atoms with Crippen LogP contribution in [-0.4, -0.2) is 24.2 Å². The lowest BCUT2D eigenvalue weighted by Crippen LogP contribution is -2.42. The van der Waals surface area contributed by atoms with Gasteiger partial charge in [-0.2, -0.15) is 13.2 Å². The molecule has 1 aliphatic heterocycles. The Morgan fingerprint density at radius 3 is 2.72 bits per heavy atom. The number of halogens is 4. The number of nitrogen functional groups attached to an aromatic ring is 1. The number of hydrogen-bond donors (Lipinski definition) is 1. The molecule has 1 saturated heterocycles. The van der Waals surface area contributed by atoms with Crippen molar-refractivity contribution < 1.29 is 13.2 Å². The molecule has 0 amide bonds. The molecule has 7 heteroatoms. The van der Waals surface area contributed by atoms with Crippen molar-refractivity contribution in [1.29, 1.82) is 0 Å². The van der Waals surface area contributed by atoms with Crippen LogP contribution in [0.4, 0.5) is 24.7 Å². The number of anilines is 2. The average molecular weight is 280 g/mol. The van der Waals surface area contributed by atoms with Crippen LogP contribution < -0.4 is 10.6 Å². The molecule has 2 rings (SSSR count). The van der Waals surface area contributed by atoms with Crippen molar-refractivity contribution in [2.24, 2.45) is 5.92 Å². The number of nitrogens with two attached hydrogens (primary N) is 1. The second-order valence-electron chi connectivity index (χ2n) is 4.41. The van der Waals surface area contributed by atoms with Gasteiger partial charge in [-0.25, -0.2) is 4.98 Å². The summed E-state index contributed by atoms with van der Waals surface area (Å²) in [6.07, 6.45) is -3.52. The van der Waals surface area contributed by atoms with Gasteiger partial charge < -0.3 is 10.6 Å². The number of piperidine rings is 1. The summed E-state index contributed by atoms with van der Waals surface area (Å²) in [5.74, 6) is -0.901. The van der Waals surface area contributed by atoms with Crippen LogP contribution in [0.2, 0.25) is 5.15 Å². The molecule has 18 heavy (non-hydrogen) atoms. The van der Waals surface area contributed by atoms with Crippen molar-refractivity contribution in [3.63, 3.8) is 0 Å². The molecule has 100 valence electrons. The summed E-state index contributed by atoms with van der Waals surface area (Å²) in [4.78, 5) is 5.61. The first-order valence-corrected chi connectivity index (χ1v) is 5.99. The van der Waals surface area contributed by atoms with E-state index in [1.54, 1.807) is 11.0 Å². The second-order valence-corrected chi connectivity index (χ2v) is 4.80. The summed E-state index contributed by atoms with van der Waals surface area (Å²) in [6, 6.07) is 3.01. The van der Waals surface area contributed by atoms with E-state index in [-0.39, 0.29) is 18.1 Å². The maximum atomic E-state index is 12.7. The van der Waals surface area contributed by atoms with Gasteiger partial charge in [0, 0.05) is 24.8 Å². The number of pyridine rings is 1. The van der Waals surface area contributed by atoms with E-state index in [1.807, 2.05) is 0 Å². The van der Waals surface area contributed by atoms with Gasteiger partial charge in [-0.1, -0.05) is 11.6 Å². The molecule has 1 aliphatic rings. The summed E-state index contributed by atoms with van der Waals surface area (Å²) >= 11 is 5.76. The first-order valence-electron chi connectivity index (χ1n) is 5.61. The molecule has 1 fully saturated rings. The van der Waals surface area contributed by atoms with Crippen molar-refractivity contribution in [3.05, 3.63) is 17.3 Å². The lowest BCUT2D eigenvalue weighted by molar-refractivity contribution is -0.176. The minimum atomic E-state index is -4.16. The van der Waals surface area contributed by atoms with E-state index in [4.69, 9.17) is 17.3 Å². The van der Waals surface area contributed by atoms with Crippen molar-refractivity contribution in [2.75, 3.05) is 23.7 Å². The highest BCUT2D eigenvalue weighted by atomic mass is 35.5. The third-order valence-corrected chi connectivity index (χ3v) is 3.20. The van der Waals surface area contributed by atoms with E-state index < -0.39 is 12.1 Å². The van der Waals surface area contributed by atoms with Gasteiger partial charge in [-0.05, 0) is 18.9 Å². The predicted molar refractivity (Wildman–Crippen MR) is 64.7 cm³/mol. The number of rotatable bonds is 1. The molecular weight excluding hydrogens is 267 g/mol. The Balaban J connectivity index is 2.18. The molecule has 1 aromatic heterocycles. The van der Waals surface area contributed by atoms with Gasteiger partial charge in [0.2, 0.25) is 0 Å². The number of nitrogens with zero attached hydrogens (tertiary/aromatic N) is 2. The van der Waals surface area contributed by atoms with Crippen LogP contribution in [-0.2, 0) is 0 Å². The number of hydrogen-bond acceptors (Lipinski definition) is 3. The molecule has 1 unspecified atom stereocenters. The summed E-state index contributed by atoms with van der Waals surface area (Å²) in [6.45, 7) is 0.454. The van der Waals surface area contributed by atoms with Crippen molar-refractivity contribution in [3.8, 4) is 0 Å². The molecule has 1 atom stereocenters. The molecule has 0 aliphatic carbocycles. The molecule has 3 nitrogen and oxygen atoms in total. The summed E-state index contributed by atoms with van der Waals surface area (Å²) < 4.78 is 38.1. The van der Waals surface area contributed by atoms with Gasteiger partial charge in [0.1, 0.15) is 11.0 Å². The minimum absolute atomic E-state index is 0.0870. The highest BCUT2D eigenvalue weighted by Crippen LogP contribution is 2.34. The van der Waals surface area contributed by atoms with E-state index in [0.717, 1.165) is 0 Å². The van der Waals surface area contributed by atoms with Crippen LogP contribution in [0.25, 0.3) is 0 Å². The average Bonchev–Trinajstić information content (AvgIpc) is 2.27. The van der Waals surface area contributed by atoms with Crippen LogP contribution >= 0.6 is 11.6 Å². The van der Waals surface area contributed by atoms with E-state index in [1.165, 1.54) is 6.07 Å². The lowest BCUT2D eigenvalue weighted by Gasteiger charge is -2.34. The van der Waals surface area contributed by atoms with Gasteiger partial charge in [-0.3, -0.25) is 0 Å². The standard InChI is InChI=1S/C11H13ClF3N3/c12-9-4-8(16)5-10(17-9)18-3-1-2-7(6-18)11(13,14)15/h4-5,7H,1-3,6H2,(H2,16,17). The maximum absolute atomic E-state index is 12.7. The SMILES string of the molecule is Nc1cc(Cl)nc(N2CCCC(C(F)(F)F)C2)c1. The molecule has 0 saturated carbocycles. The van der Waals surface area contributed by atoms with Gasteiger partial charge in [-0.15, -0.1) is 0 Å². The third-order valence-electron chi connectivity index (χ3n) is 3.01. The van der Waals surface area contributed by atoms with E-state index in [2.05, 4.69) is 4.98 Å². The Morgan fingerprint density at radius 2 is 2.11 bits per heavy atom. The number of aromatic nitrogens is 1. The fourth-order valence-corrected chi connectivity index (χ4v) is 2.33. The highest BCUT2D eigenvalue weighted by molar-refractivity contribution is 6.29. The van der Waals surface area contributed by atoms with E-state index in [9.17, 15) is 13.2 Å². The highest BCUT2D eigenvalue weighted by Gasteiger charge is 2.42. The van der Waals surface area contributed by atoms with Gasteiger partial charge in [0.25, 0.3) is 0 Å². The maximum Gasteiger partial charge on any atom is 0.393 e. The largest absolute Gasteiger partial charge is 0.399 e. The smallest absolute Gasteiger partial charge is 0.393 e. The third kappa shape index (κ3) is 2.98. The van der Waals surface area contributed by atoms with Crippen molar-refractivity contribution in [2.45, 2.75) is 19.0 Å². The molecule has 2 N–H and O–H groups in total. The van der Waals surface area contributed by atoms with E-state index in [0.29, 0.717) is 24.5 Å². The molecule has 0 spiro atoms. The molecule has 0 aromatic carbocycles. The van der Waals surface area contributed by atoms with Gasteiger partial charge in [0.05, 0.1) is 5.92 Å². The Hall–Kier alpha value is -1.17. The minimum Gasteiger partial charge on any atom is -0.399 e. The number of alkyl halides is 3. The molecule has 2 heterocycles. The Labute approximate surface area is 108 Å². The van der Waals surface area contributed by atoms with Gasteiger partial charge in [0.15, 0.2) is 0 Å². The zero-order valence-electron chi connectivity index (χ0n) is 9.54. The molecule has 1 aromatic rings. The zero-order valence-corrected chi connectivity index (χ0v) is 10.3. The fraction of sp³-hybridized carbons (Fsp3) is 0.545. The Kier molecular flexibility index (Phi) is 3.56. The van der Waals surface area contributed by atoms with Gasteiger partial charge >= 0.3 is 6.18 Å². The predicted octanol–water partition coefficient (Wildman–Crippen LogP) is 3.10. The lowest BCUT2D eigenvalue weighted by atomic mass is 9.97. The van der Waals surface area contributed by atoms with Crippen molar-refractivity contribution >= 4 is 23.1 Å². The normalized spacial score (nSPS) is 21.1.